The quantitative estimate of drug-likeness (QED) is 0.241. The number of hydrogen-bond donors (Lipinski definition) is 2. The highest BCUT2D eigenvalue weighted by atomic mass is 16.5. The van der Waals surface area contributed by atoms with Crippen molar-refractivity contribution in [1.82, 2.24) is 9.47 Å². The molecule has 1 fully saturated rings. The van der Waals surface area contributed by atoms with E-state index in [2.05, 4.69) is 99.4 Å². The largest absolute Gasteiger partial charge is 0.495 e. The SMILES string of the molecule is COc1ccccc1N1CCN(Cc2cn(-c3cccc4ccccc34)c3ccccc23)CC1.O=C(O)/C=C/C(=O)O. The number of carbonyl (C=O) groups is 2. The second-order valence-electron chi connectivity index (χ2n) is 9.98. The fourth-order valence-corrected chi connectivity index (χ4v) is 5.42. The topological polar surface area (TPSA) is 95.2 Å². The van der Waals surface area contributed by atoms with Gasteiger partial charge in [-0.2, -0.15) is 0 Å². The van der Waals surface area contributed by atoms with Crippen molar-refractivity contribution in [2.45, 2.75) is 6.54 Å². The highest BCUT2D eigenvalue weighted by molar-refractivity contribution is 5.94. The smallest absolute Gasteiger partial charge is 0.328 e. The van der Waals surface area contributed by atoms with E-state index in [1.54, 1.807) is 7.11 Å². The second kappa shape index (κ2) is 13.1. The number of ether oxygens (including phenoxy) is 1. The molecule has 0 radical (unpaired) electrons. The van der Waals surface area contributed by atoms with Crippen molar-refractivity contribution in [2.75, 3.05) is 38.2 Å². The van der Waals surface area contributed by atoms with Gasteiger partial charge in [0.2, 0.25) is 0 Å². The first-order valence-corrected chi connectivity index (χ1v) is 13.8. The third kappa shape index (κ3) is 6.45. The number of nitrogens with zero attached hydrogens (tertiary/aromatic N) is 3. The summed E-state index contributed by atoms with van der Waals surface area (Å²) in [6.45, 7) is 5.03. The maximum Gasteiger partial charge on any atom is 0.328 e. The summed E-state index contributed by atoms with van der Waals surface area (Å²) < 4.78 is 7.96. The normalized spacial score (nSPS) is 13.7. The van der Waals surface area contributed by atoms with Gasteiger partial charge in [-0.25, -0.2) is 9.59 Å². The van der Waals surface area contributed by atoms with Gasteiger partial charge in [-0.05, 0) is 35.2 Å². The molecule has 1 aliphatic heterocycles. The molecule has 0 spiro atoms. The first-order valence-electron chi connectivity index (χ1n) is 13.8. The van der Waals surface area contributed by atoms with Crippen molar-refractivity contribution < 1.29 is 24.5 Å². The summed E-state index contributed by atoms with van der Waals surface area (Å²) in [6, 6.07) is 32.3. The van der Waals surface area contributed by atoms with Crippen LogP contribution in [-0.4, -0.2) is 64.9 Å². The minimum absolute atomic E-state index is 0.558. The van der Waals surface area contributed by atoms with Gasteiger partial charge in [0.05, 0.1) is 24.0 Å². The van der Waals surface area contributed by atoms with E-state index in [1.807, 2.05) is 12.1 Å². The van der Waals surface area contributed by atoms with Crippen LogP contribution in [0.4, 0.5) is 5.69 Å². The molecule has 4 aromatic carbocycles. The highest BCUT2D eigenvalue weighted by Gasteiger charge is 2.21. The van der Waals surface area contributed by atoms with E-state index in [0.29, 0.717) is 12.2 Å². The number of anilines is 1. The summed E-state index contributed by atoms with van der Waals surface area (Å²) in [5.74, 6) is -1.56. The van der Waals surface area contributed by atoms with Crippen LogP contribution >= 0.6 is 0 Å². The molecule has 0 amide bonds. The summed E-state index contributed by atoms with van der Waals surface area (Å²) in [7, 11) is 1.75. The fraction of sp³-hybridized carbons (Fsp3) is 0.176. The van der Waals surface area contributed by atoms with E-state index in [-0.39, 0.29) is 0 Å². The first-order chi connectivity index (χ1) is 20.4. The van der Waals surface area contributed by atoms with Crippen LogP contribution in [0.3, 0.4) is 0 Å². The third-order valence-electron chi connectivity index (χ3n) is 7.38. The maximum atomic E-state index is 9.55. The van der Waals surface area contributed by atoms with E-state index in [1.165, 1.54) is 38.6 Å². The number of para-hydroxylation sites is 3. The van der Waals surface area contributed by atoms with Crippen LogP contribution in [0.15, 0.2) is 109 Å². The maximum absolute atomic E-state index is 9.55. The van der Waals surface area contributed by atoms with Gasteiger partial charge >= 0.3 is 11.9 Å². The van der Waals surface area contributed by atoms with Crippen LogP contribution in [0.25, 0.3) is 27.4 Å². The van der Waals surface area contributed by atoms with E-state index in [9.17, 15) is 9.59 Å². The molecule has 5 aromatic rings. The zero-order valence-electron chi connectivity index (χ0n) is 23.4. The number of hydrogen-bond acceptors (Lipinski definition) is 5. The van der Waals surface area contributed by atoms with Gasteiger partial charge in [-0.1, -0.05) is 66.7 Å². The Kier molecular flexibility index (Phi) is 8.84. The van der Waals surface area contributed by atoms with Crippen molar-refractivity contribution in [3.05, 3.63) is 115 Å². The summed E-state index contributed by atoms with van der Waals surface area (Å²) in [5, 5.41) is 19.5. The first kappa shape index (κ1) is 28.4. The van der Waals surface area contributed by atoms with Gasteiger partial charge in [-0.3, -0.25) is 4.90 Å². The molecule has 6 rings (SSSR count). The molecular weight excluding hydrogens is 530 g/mol. The van der Waals surface area contributed by atoms with Crippen molar-refractivity contribution in [3.63, 3.8) is 0 Å². The Labute approximate surface area is 244 Å². The number of aliphatic carboxylic acids is 2. The standard InChI is InChI=1S/C30H29N3O.C4H4O4/c1-34-30-16-7-6-14-29(30)32-19-17-31(18-20-32)21-24-22-33(27-13-5-4-12-26(24)27)28-15-8-10-23-9-2-3-11-25(23)28;5-3(6)1-2-4(7)8/h2-16,22H,17-21H2,1H3;1-2H,(H,5,6)(H,7,8)/b;2-1+. The molecule has 214 valence electrons. The summed E-state index contributed by atoms with van der Waals surface area (Å²) in [4.78, 5) is 24.1. The Morgan fingerprint density at radius 1 is 0.738 bits per heavy atom. The molecule has 0 atom stereocenters. The minimum atomic E-state index is -1.26. The summed E-state index contributed by atoms with van der Waals surface area (Å²) in [6.07, 6.45) is 3.46. The average Bonchev–Trinajstić information content (AvgIpc) is 3.38. The molecular formula is C34H33N3O5. The molecule has 8 nitrogen and oxygen atoms in total. The van der Waals surface area contributed by atoms with Gasteiger partial charge < -0.3 is 24.4 Å². The molecule has 42 heavy (non-hydrogen) atoms. The zero-order chi connectivity index (χ0) is 29.5. The summed E-state index contributed by atoms with van der Waals surface area (Å²) in [5.41, 5.74) is 5.08. The molecule has 2 heterocycles. The fourth-order valence-electron chi connectivity index (χ4n) is 5.42. The predicted molar refractivity (Wildman–Crippen MR) is 166 cm³/mol. The van der Waals surface area contributed by atoms with E-state index < -0.39 is 11.9 Å². The molecule has 0 unspecified atom stereocenters. The van der Waals surface area contributed by atoms with E-state index in [4.69, 9.17) is 14.9 Å². The molecule has 1 aromatic heterocycles. The van der Waals surface area contributed by atoms with Crippen LogP contribution in [0.2, 0.25) is 0 Å². The van der Waals surface area contributed by atoms with Crippen molar-refractivity contribution >= 4 is 39.3 Å². The van der Waals surface area contributed by atoms with Crippen LogP contribution in [0.5, 0.6) is 5.75 Å². The number of benzene rings is 4. The monoisotopic (exact) mass is 563 g/mol. The lowest BCUT2D eigenvalue weighted by molar-refractivity contribution is -0.134. The van der Waals surface area contributed by atoms with Gasteiger partial charge in [0.25, 0.3) is 0 Å². The Morgan fingerprint density at radius 3 is 2.05 bits per heavy atom. The van der Waals surface area contributed by atoms with Crippen molar-refractivity contribution in [1.29, 1.82) is 0 Å². The van der Waals surface area contributed by atoms with Gasteiger partial charge in [-0.15, -0.1) is 0 Å². The number of carboxylic acids is 2. The number of fused-ring (bicyclic) bond motifs is 2. The minimum Gasteiger partial charge on any atom is -0.495 e. The van der Waals surface area contributed by atoms with Crippen molar-refractivity contribution in [3.8, 4) is 11.4 Å². The van der Waals surface area contributed by atoms with Crippen LogP contribution < -0.4 is 9.64 Å². The molecule has 0 aliphatic carbocycles. The van der Waals surface area contributed by atoms with Crippen molar-refractivity contribution in [2.24, 2.45) is 0 Å². The zero-order valence-corrected chi connectivity index (χ0v) is 23.4. The van der Waals surface area contributed by atoms with Crippen LogP contribution in [0, 0.1) is 0 Å². The van der Waals surface area contributed by atoms with E-state index in [0.717, 1.165) is 38.5 Å². The van der Waals surface area contributed by atoms with E-state index >= 15 is 0 Å². The molecule has 1 saturated heterocycles. The van der Waals surface area contributed by atoms with Crippen LogP contribution in [0.1, 0.15) is 5.56 Å². The number of methoxy groups -OCH3 is 1. The molecule has 2 N–H and O–H groups in total. The number of carboxylic acid groups (broad SMARTS) is 2. The predicted octanol–water partition coefficient (Wildman–Crippen LogP) is 5.83. The highest BCUT2D eigenvalue weighted by Crippen LogP contribution is 2.31. The summed E-state index contributed by atoms with van der Waals surface area (Å²) >= 11 is 0. The molecule has 0 saturated carbocycles. The molecule has 8 heteroatoms. The van der Waals surface area contributed by atoms with Gasteiger partial charge in [0.1, 0.15) is 5.75 Å². The lowest BCUT2D eigenvalue weighted by atomic mass is 10.1. The average molecular weight is 564 g/mol. The van der Waals surface area contributed by atoms with Gasteiger partial charge in [0.15, 0.2) is 0 Å². The lowest BCUT2D eigenvalue weighted by Gasteiger charge is -2.36. The number of piperazine rings is 1. The third-order valence-corrected chi connectivity index (χ3v) is 7.38. The van der Waals surface area contributed by atoms with Gasteiger partial charge in [0, 0.05) is 61.8 Å². The van der Waals surface area contributed by atoms with Crippen LogP contribution in [-0.2, 0) is 16.1 Å². The Bertz CT molecular complexity index is 1710. The Morgan fingerprint density at radius 2 is 1.33 bits per heavy atom. The second-order valence-corrected chi connectivity index (χ2v) is 9.98. The molecule has 0 bridgehead atoms. The number of rotatable bonds is 7. The Balaban J connectivity index is 0.000000390. The molecule has 1 aliphatic rings. The Hall–Kier alpha value is -5.08. The lowest BCUT2D eigenvalue weighted by Crippen LogP contribution is -2.46. The number of aromatic nitrogens is 1.